The van der Waals surface area contributed by atoms with Crippen LogP contribution < -0.4 is 20.2 Å². The Bertz CT molecular complexity index is 864. The van der Waals surface area contributed by atoms with Gasteiger partial charge in [-0.25, -0.2) is 4.99 Å². The van der Waals surface area contributed by atoms with E-state index in [2.05, 4.69) is 17.1 Å². The lowest BCUT2D eigenvalue weighted by molar-refractivity contribution is -0.676. The molecular formula is C17H17N4O4+. The minimum absolute atomic E-state index is 0.174. The summed E-state index contributed by atoms with van der Waals surface area (Å²) in [7, 11) is 3.08. The molecule has 8 heteroatoms. The first-order valence-electron chi connectivity index (χ1n) is 7.80. The van der Waals surface area contributed by atoms with E-state index < -0.39 is 22.7 Å². The number of methoxy groups -OCH3 is 2. The first kappa shape index (κ1) is 15.7. The van der Waals surface area contributed by atoms with Crippen LogP contribution in [-0.2, 0) is 9.47 Å². The average Bonchev–Trinajstić information content (AvgIpc) is 2.88. The molecule has 1 spiro atoms. The molecule has 1 saturated heterocycles. The van der Waals surface area contributed by atoms with E-state index in [0.717, 1.165) is 0 Å². The lowest BCUT2D eigenvalue weighted by Gasteiger charge is -2.23. The lowest BCUT2D eigenvalue weighted by atomic mass is 9.93. The predicted octanol–water partition coefficient (Wildman–Crippen LogP) is -1.03. The summed E-state index contributed by atoms with van der Waals surface area (Å²) in [5.41, 5.74) is 4.25. The highest BCUT2D eigenvalue weighted by molar-refractivity contribution is 5.95. The van der Waals surface area contributed by atoms with E-state index in [1.807, 2.05) is 0 Å². The normalized spacial score (nSPS) is 33.9. The summed E-state index contributed by atoms with van der Waals surface area (Å²) in [6, 6.07) is 9.77. The van der Waals surface area contributed by atoms with Crippen molar-refractivity contribution in [3.05, 3.63) is 23.8 Å². The molecule has 25 heavy (non-hydrogen) atoms. The van der Waals surface area contributed by atoms with E-state index in [1.54, 1.807) is 25.3 Å². The number of hydrogen-bond donors (Lipinski definition) is 2. The first-order valence-corrected chi connectivity index (χ1v) is 7.80. The van der Waals surface area contributed by atoms with Crippen molar-refractivity contribution in [2.75, 3.05) is 27.4 Å². The summed E-state index contributed by atoms with van der Waals surface area (Å²) in [6.45, 7) is 0.625. The van der Waals surface area contributed by atoms with Crippen molar-refractivity contribution in [3.8, 4) is 23.6 Å². The average molecular weight is 341 g/mol. The third-order valence-corrected chi connectivity index (χ3v) is 5.44. The Morgan fingerprint density at radius 2 is 1.92 bits per heavy atom. The van der Waals surface area contributed by atoms with Gasteiger partial charge in [-0.15, -0.1) is 0 Å². The van der Waals surface area contributed by atoms with Gasteiger partial charge < -0.3 is 18.9 Å². The maximum atomic E-state index is 10.1. The summed E-state index contributed by atoms with van der Waals surface area (Å²) in [4.78, 5) is 2.91. The SMILES string of the molecule is COc1ccc(OC)c([C@@H]2[C@]3(C#N)C(N)=[NH+]C4(OCCO4)[C@]23C#N)c1. The second-order valence-electron chi connectivity index (χ2n) is 6.23. The fourth-order valence-corrected chi connectivity index (χ4v) is 4.35. The van der Waals surface area contributed by atoms with E-state index in [9.17, 15) is 10.5 Å². The van der Waals surface area contributed by atoms with Crippen molar-refractivity contribution in [3.63, 3.8) is 0 Å². The van der Waals surface area contributed by atoms with Crippen molar-refractivity contribution in [2.24, 2.45) is 16.6 Å². The molecule has 0 radical (unpaired) electrons. The number of nitrogens with one attached hydrogen (secondary N) is 1. The van der Waals surface area contributed by atoms with Gasteiger partial charge in [0.05, 0.1) is 45.5 Å². The molecule has 0 unspecified atom stereocenters. The minimum Gasteiger partial charge on any atom is -0.497 e. The summed E-state index contributed by atoms with van der Waals surface area (Å²) >= 11 is 0. The number of amidine groups is 1. The van der Waals surface area contributed by atoms with Crippen molar-refractivity contribution in [2.45, 2.75) is 11.8 Å². The highest BCUT2D eigenvalue weighted by atomic mass is 16.8. The fourth-order valence-electron chi connectivity index (χ4n) is 4.35. The van der Waals surface area contributed by atoms with Gasteiger partial charge in [-0.3, -0.25) is 5.73 Å². The van der Waals surface area contributed by atoms with Gasteiger partial charge in [0.2, 0.25) is 0 Å². The van der Waals surface area contributed by atoms with Crippen LogP contribution in [0.4, 0.5) is 0 Å². The zero-order chi connectivity index (χ0) is 17.9. The number of benzene rings is 1. The molecule has 1 aliphatic carbocycles. The summed E-state index contributed by atoms with van der Waals surface area (Å²) in [5, 5.41) is 20.1. The Kier molecular flexibility index (Phi) is 3.05. The predicted molar refractivity (Wildman–Crippen MR) is 83.2 cm³/mol. The maximum Gasteiger partial charge on any atom is 0.343 e. The van der Waals surface area contributed by atoms with Crippen LogP contribution >= 0.6 is 0 Å². The summed E-state index contributed by atoms with van der Waals surface area (Å²) < 4.78 is 22.2. The van der Waals surface area contributed by atoms with E-state index >= 15 is 0 Å². The molecule has 3 aliphatic rings. The highest BCUT2D eigenvalue weighted by Crippen LogP contribution is 2.79. The van der Waals surface area contributed by atoms with Crippen LogP contribution in [0.25, 0.3) is 0 Å². The zero-order valence-corrected chi connectivity index (χ0v) is 13.8. The largest absolute Gasteiger partial charge is 0.497 e. The Labute approximate surface area is 144 Å². The third-order valence-electron chi connectivity index (χ3n) is 5.44. The first-order chi connectivity index (χ1) is 12.1. The number of ether oxygens (including phenoxy) is 4. The number of nitrogens with zero attached hydrogens (tertiary/aromatic N) is 2. The van der Waals surface area contributed by atoms with Crippen LogP contribution in [0.5, 0.6) is 11.5 Å². The monoisotopic (exact) mass is 341 g/mol. The molecule has 0 aromatic heterocycles. The van der Waals surface area contributed by atoms with Gasteiger partial charge in [0.25, 0.3) is 5.84 Å². The fraction of sp³-hybridized carbons (Fsp3) is 0.471. The van der Waals surface area contributed by atoms with Crippen molar-refractivity contribution in [1.82, 2.24) is 0 Å². The molecule has 2 fully saturated rings. The van der Waals surface area contributed by atoms with Crippen LogP contribution in [0.1, 0.15) is 11.5 Å². The summed E-state index contributed by atoms with van der Waals surface area (Å²) in [5.74, 6) is -0.686. The van der Waals surface area contributed by atoms with Crippen LogP contribution in [0, 0.1) is 33.5 Å². The molecule has 1 aromatic carbocycles. The van der Waals surface area contributed by atoms with Crippen LogP contribution in [0.15, 0.2) is 18.2 Å². The van der Waals surface area contributed by atoms with E-state index in [1.165, 1.54) is 7.11 Å². The summed E-state index contributed by atoms with van der Waals surface area (Å²) in [6.07, 6.45) is 0. The lowest BCUT2D eigenvalue weighted by Crippen LogP contribution is -2.89. The van der Waals surface area contributed by atoms with Crippen LogP contribution in [0.2, 0.25) is 0 Å². The van der Waals surface area contributed by atoms with Gasteiger partial charge in [0, 0.05) is 5.56 Å². The van der Waals surface area contributed by atoms with Crippen molar-refractivity contribution >= 4 is 5.84 Å². The number of hydrogen-bond acceptors (Lipinski definition) is 7. The number of fused-ring (bicyclic) bond motifs is 2. The van der Waals surface area contributed by atoms with Gasteiger partial charge >= 0.3 is 5.91 Å². The minimum atomic E-state index is -1.43. The van der Waals surface area contributed by atoms with Crippen LogP contribution in [0.3, 0.4) is 0 Å². The zero-order valence-electron chi connectivity index (χ0n) is 13.8. The molecular weight excluding hydrogens is 324 g/mol. The van der Waals surface area contributed by atoms with E-state index in [-0.39, 0.29) is 5.84 Å². The topological polar surface area (TPSA) is 124 Å². The molecule has 128 valence electrons. The Morgan fingerprint density at radius 1 is 1.20 bits per heavy atom. The van der Waals surface area contributed by atoms with Crippen molar-refractivity contribution in [1.29, 1.82) is 10.5 Å². The van der Waals surface area contributed by atoms with E-state index in [0.29, 0.717) is 30.3 Å². The Balaban J connectivity index is 1.95. The van der Waals surface area contributed by atoms with Gasteiger partial charge in [-0.1, -0.05) is 0 Å². The molecule has 4 rings (SSSR count). The third kappa shape index (κ3) is 1.50. The Morgan fingerprint density at radius 3 is 2.48 bits per heavy atom. The second kappa shape index (κ2) is 4.85. The highest BCUT2D eigenvalue weighted by Gasteiger charge is 2.97. The quantitative estimate of drug-likeness (QED) is 0.720. The number of nitriles is 2. The van der Waals surface area contributed by atoms with E-state index in [4.69, 9.17) is 24.7 Å². The maximum absolute atomic E-state index is 10.1. The standard InChI is InChI=1S/C17H16N4O4/c1-22-10-3-4-12(23-2)11(7-10)13-15(8-18)14(20)21-17(16(13,15)9-19)24-5-6-25-17/h3-4,7,13H,5-6H2,1-2H3,(H2,20,21)/p+1/t13-,15-,16-/m1/s1. The molecule has 0 bridgehead atoms. The molecule has 2 aliphatic heterocycles. The molecule has 1 saturated carbocycles. The number of nitrogens with two attached hydrogens (primary N) is 1. The van der Waals surface area contributed by atoms with Crippen LogP contribution in [-0.4, -0.2) is 39.2 Å². The molecule has 3 N–H and O–H groups in total. The van der Waals surface area contributed by atoms with Gasteiger partial charge in [0.15, 0.2) is 10.8 Å². The molecule has 1 aromatic rings. The second-order valence-corrected chi connectivity index (χ2v) is 6.23. The molecule has 2 heterocycles. The van der Waals surface area contributed by atoms with Crippen molar-refractivity contribution < 1.29 is 23.9 Å². The molecule has 0 amide bonds. The molecule has 3 atom stereocenters. The van der Waals surface area contributed by atoms with Gasteiger partial charge in [-0.2, -0.15) is 10.5 Å². The van der Waals surface area contributed by atoms with Gasteiger partial charge in [0.1, 0.15) is 11.5 Å². The Hall–Kier alpha value is -2.81. The smallest absolute Gasteiger partial charge is 0.343 e. The van der Waals surface area contributed by atoms with Gasteiger partial charge in [-0.05, 0) is 18.2 Å². The number of rotatable bonds is 3. The molecule has 8 nitrogen and oxygen atoms in total.